The van der Waals surface area contributed by atoms with Crippen LogP contribution >= 0.6 is 0 Å². The Morgan fingerprint density at radius 1 is 1.32 bits per heavy atom. The minimum atomic E-state index is -0.240. The van der Waals surface area contributed by atoms with E-state index in [0.29, 0.717) is 6.04 Å². The zero-order chi connectivity index (χ0) is 13.4. The normalized spacial score (nSPS) is 33.2. The van der Waals surface area contributed by atoms with Crippen molar-refractivity contribution in [1.82, 2.24) is 5.32 Å². The second kappa shape index (κ2) is 4.93. The summed E-state index contributed by atoms with van der Waals surface area (Å²) in [6.45, 7) is 0. The van der Waals surface area contributed by atoms with Crippen LogP contribution in [-0.4, -0.2) is 25.2 Å². The fourth-order valence-electron chi connectivity index (χ4n) is 3.57. The number of piperidine rings is 1. The fourth-order valence-corrected chi connectivity index (χ4v) is 3.57. The van der Waals surface area contributed by atoms with Gasteiger partial charge in [-0.05, 0) is 37.0 Å². The number of esters is 1. The molecule has 19 heavy (non-hydrogen) atoms. The molecular formula is C15H18FNO2. The van der Waals surface area contributed by atoms with E-state index in [1.54, 1.807) is 12.1 Å². The standard InChI is InChI=1S/C15H18FNO2/c1-19-15(18)14-12(8-11-6-7-13(14)17-11)9-2-4-10(16)5-3-9/h2-5,11-14,17H,6-8H2,1H3/t11-,12-,13+,14-/m0/s1. The van der Waals surface area contributed by atoms with Gasteiger partial charge in [0, 0.05) is 18.0 Å². The molecule has 3 nitrogen and oxygen atoms in total. The van der Waals surface area contributed by atoms with E-state index in [1.807, 2.05) is 0 Å². The van der Waals surface area contributed by atoms with Crippen LogP contribution in [0.25, 0.3) is 0 Å². The Balaban J connectivity index is 1.92. The van der Waals surface area contributed by atoms with Gasteiger partial charge in [0.05, 0.1) is 13.0 Å². The van der Waals surface area contributed by atoms with Gasteiger partial charge in [0.15, 0.2) is 0 Å². The number of carbonyl (C=O) groups excluding carboxylic acids is 1. The highest BCUT2D eigenvalue weighted by molar-refractivity contribution is 5.75. The predicted octanol–water partition coefficient (Wildman–Crippen LogP) is 2.22. The van der Waals surface area contributed by atoms with Crippen molar-refractivity contribution in [3.8, 4) is 0 Å². The van der Waals surface area contributed by atoms with Gasteiger partial charge in [-0.25, -0.2) is 4.39 Å². The van der Waals surface area contributed by atoms with Crippen molar-refractivity contribution in [2.45, 2.75) is 37.3 Å². The number of ether oxygens (including phenoxy) is 1. The van der Waals surface area contributed by atoms with Crippen molar-refractivity contribution in [3.05, 3.63) is 35.6 Å². The molecule has 0 radical (unpaired) electrons. The molecule has 2 aliphatic rings. The molecule has 0 aromatic heterocycles. The minimum Gasteiger partial charge on any atom is -0.469 e. The maximum Gasteiger partial charge on any atom is 0.310 e. The molecule has 2 fully saturated rings. The molecule has 2 saturated heterocycles. The molecular weight excluding hydrogens is 245 g/mol. The molecule has 0 saturated carbocycles. The van der Waals surface area contributed by atoms with Gasteiger partial charge in [-0.3, -0.25) is 4.79 Å². The summed E-state index contributed by atoms with van der Waals surface area (Å²) in [5.74, 6) is -0.427. The van der Waals surface area contributed by atoms with Crippen molar-refractivity contribution in [1.29, 1.82) is 0 Å². The molecule has 3 rings (SSSR count). The maximum absolute atomic E-state index is 13.0. The third-order valence-electron chi connectivity index (χ3n) is 4.45. The van der Waals surface area contributed by atoms with Crippen LogP contribution in [0.15, 0.2) is 24.3 Å². The number of benzene rings is 1. The molecule has 2 heterocycles. The van der Waals surface area contributed by atoms with E-state index in [-0.39, 0.29) is 29.7 Å². The van der Waals surface area contributed by atoms with E-state index >= 15 is 0 Å². The molecule has 0 aliphatic carbocycles. The molecule has 2 bridgehead atoms. The highest BCUT2D eigenvalue weighted by Crippen LogP contribution is 2.42. The number of methoxy groups -OCH3 is 1. The molecule has 0 unspecified atom stereocenters. The van der Waals surface area contributed by atoms with Crippen LogP contribution in [0.4, 0.5) is 4.39 Å². The van der Waals surface area contributed by atoms with Gasteiger partial charge < -0.3 is 10.1 Å². The third-order valence-corrected chi connectivity index (χ3v) is 4.45. The second-order valence-corrected chi connectivity index (χ2v) is 5.49. The van der Waals surface area contributed by atoms with Gasteiger partial charge in [0.2, 0.25) is 0 Å². The highest BCUT2D eigenvalue weighted by Gasteiger charge is 2.46. The average Bonchev–Trinajstić information content (AvgIpc) is 2.80. The number of hydrogen-bond donors (Lipinski definition) is 1. The van der Waals surface area contributed by atoms with E-state index in [9.17, 15) is 9.18 Å². The first-order valence-electron chi connectivity index (χ1n) is 6.78. The van der Waals surface area contributed by atoms with Crippen LogP contribution in [0, 0.1) is 11.7 Å². The lowest BCUT2D eigenvalue weighted by Crippen LogP contribution is -2.48. The van der Waals surface area contributed by atoms with Gasteiger partial charge in [-0.2, -0.15) is 0 Å². The number of hydrogen-bond acceptors (Lipinski definition) is 3. The smallest absolute Gasteiger partial charge is 0.310 e. The summed E-state index contributed by atoms with van der Waals surface area (Å²) in [7, 11) is 1.44. The van der Waals surface area contributed by atoms with Crippen LogP contribution in [0.5, 0.6) is 0 Å². The second-order valence-electron chi connectivity index (χ2n) is 5.49. The Morgan fingerprint density at radius 2 is 2.05 bits per heavy atom. The fraction of sp³-hybridized carbons (Fsp3) is 0.533. The lowest BCUT2D eigenvalue weighted by molar-refractivity contribution is -0.148. The summed E-state index contributed by atoms with van der Waals surface area (Å²) in [6.07, 6.45) is 3.04. The van der Waals surface area contributed by atoms with Crippen molar-refractivity contribution in [2.24, 2.45) is 5.92 Å². The number of halogens is 1. The number of carbonyl (C=O) groups is 1. The lowest BCUT2D eigenvalue weighted by Gasteiger charge is -2.36. The molecule has 1 aromatic carbocycles. The third kappa shape index (κ3) is 2.25. The van der Waals surface area contributed by atoms with E-state index in [1.165, 1.54) is 19.2 Å². The summed E-state index contributed by atoms with van der Waals surface area (Å²) < 4.78 is 18.0. The summed E-state index contributed by atoms with van der Waals surface area (Å²) in [5, 5.41) is 3.49. The number of fused-ring (bicyclic) bond motifs is 2. The van der Waals surface area contributed by atoms with Gasteiger partial charge in [-0.1, -0.05) is 12.1 Å². The average molecular weight is 263 g/mol. The first-order chi connectivity index (χ1) is 9.19. The molecule has 0 amide bonds. The van der Waals surface area contributed by atoms with Crippen LogP contribution < -0.4 is 5.32 Å². The van der Waals surface area contributed by atoms with Gasteiger partial charge in [0.25, 0.3) is 0 Å². The van der Waals surface area contributed by atoms with E-state index in [4.69, 9.17) is 4.74 Å². The highest BCUT2D eigenvalue weighted by atomic mass is 19.1. The first-order valence-corrected chi connectivity index (χ1v) is 6.78. The zero-order valence-corrected chi connectivity index (χ0v) is 10.9. The van der Waals surface area contributed by atoms with E-state index in [2.05, 4.69) is 5.32 Å². The molecule has 1 N–H and O–H groups in total. The molecule has 4 heteroatoms. The van der Waals surface area contributed by atoms with Crippen molar-refractivity contribution in [3.63, 3.8) is 0 Å². The maximum atomic E-state index is 13.0. The van der Waals surface area contributed by atoms with Gasteiger partial charge >= 0.3 is 5.97 Å². The quantitative estimate of drug-likeness (QED) is 0.831. The molecule has 2 aliphatic heterocycles. The Kier molecular flexibility index (Phi) is 3.27. The monoisotopic (exact) mass is 263 g/mol. The molecule has 1 aromatic rings. The van der Waals surface area contributed by atoms with E-state index < -0.39 is 0 Å². The van der Waals surface area contributed by atoms with Crippen molar-refractivity contribution in [2.75, 3.05) is 7.11 Å². The lowest BCUT2D eigenvalue weighted by atomic mass is 9.77. The number of rotatable bonds is 2. The van der Waals surface area contributed by atoms with Crippen LogP contribution in [0.1, 0.15) is 30.7 Å². The topological polar surface area (TPSA) is 38.3 Å². The Labute approximate surface area is 112 Å². The van der Waals surface area contributed by atoms with Gasteiger partial charge in [-0.15, -0.1) is 0 Å². The summed E-state index contributed by atoms with van der Waals surface area (Å²) in [5.41, 5.74) is 1.04. The predicted molar refractivity (Wildman–Crippen MR) is 69.2 cm³/mol. The Morgan fingerprint density at radius 3 is 2.74 bits per heavy atom. The molecule has 4 atom stereocenters. The molecule has 102 valence electrons. The Bertz CT molecular complexity index is 474. The first kappa shape index (κ1) is 12.6. The Hall–Kier alpha value is -1.42. The van der Waals surface area contributed by atoms with Crippen molar-refractivity contribution >= 4 is 5.97 Å². The summed E-state index contributed by atoms with van der Waals surface area (Å²) in [4.78, 5) is 12.1. The SMILES string of the molecule is COC(=O)[C@@H]1[C@H]2CC[C@@H](C[C@H]1c1ccc(F)cc1)N2. The minimum absolute atomic E-state index is 0.131. The van der Waals surface area contributed by atoms with Crippen LogP contribution in [0.2, 0.25) is 0 Å². The summed E-state index contributed by atoms with van der Waals surface area (Å²) >= 11 is 0. The number of nitrogens with one attached hydrogen (secondary N) is 1. The largest absolute Gasteiger partial charge is 0.469 e. The van der Waals surface area contributed by atoms with Crippen molar-refractivity contribution < 1.29 is 13.9 Å². The van der Waals surface area contributed by atoms with E-state index in [0.717, 1.165) is 24.8 Å². The van der Waals surface area contributed by atoms with Gasteiger partial charge in [0.1, 0.15) is 5.82 Å². The van der Waals surface area contributed by atoms with Crippen LogP contribution in [0.3, 0.4) is 0 Å². The zero-order valence-electron chi connectivity index (χ0n) is 10.9. The summed E-state index contributed by atoms with van der Waals surface area (Å²) in [6, 6.07) is 7.19. The van der Waals surface area contributed by atoms with Crippen LogP contribution in [-0.2, 0) is 9.53 Å². The molecule has 0 spiro atoms.